The van der Waals surface area contributed by atoms with Crippen LogP contribution in [0.3, 0.4) is 0 Å². The Hall–Kier alpha value is -11.8. The maximum Gasteiger partial charge on any atom is 2.00 e. The second kappa shape index (κ2) is 48.3. The Labute approximate surface area is 536 Å². The van der Waals surface area contributed by atoms with Gasteiger partial charge in [-0.1, -0.05) is 0 Å². The number of aromatic nitrogens is 6. The fourth-order valence-corrected chi connectivity index (χ4v) is 5.87. The zero-order valence-corrected chi connectivity index (χ0v) is 52.4. The average molecular weight is 1370 g/mol. The minimum Gasteiger partial charge on any atom is -0.412 e. The molecule has 0 aliphatic rings. The van der Waals surface area contributed by atoms with E-state index in [0.29, 0.717) is 34.1 Å². The van der Waals surface area contributed by atoms with Gasteiger partial charge in [0.1, 0.15) is 0 Å². The molecule has 6 aromatic heterocycles. The Bertz CT molecular complexity index is 2870. The normalized spacial score (nSPS) is 8.66. The van der Waals surface area contributed by atoms with E-state index in [4.69, 9.17) is 30.6 Å². The average Bonchev–Trinajstić information content (AvgIpc) is 1.08. The molecular formula is C54H62CdN16O20. The van der Waals surface area contributed by atoms with Gasteiger partial charge in [0, 0.05) is 170 Å². The molecule has 480 valence electrons. The Kier molecular flexibility index (Phi) is 46.7. The smallest absolute Gasteiger partial charge is 0.412 e. The summed E-state index contributed by atoms with van der Waals surface area (Å²) in [5.41, 5.74) is 4.07. The van der Waals surface area contributed by atoms with Gasteiger partial charge in [0.15, 0.2) is 0 Å². The number of carbonyl (C=O) groups is 8. The first kappa shape index (κ1) is 88.0. The first-order chi connectivity index (χ1) is 40.2. The molecule has 2 aromatic carbocycles. The summed E-state index contributed by atoms with van der Waals surface area (Å²) < 4.78 is 0. The third kappa shape index (κ3) is 36.1. The molecule has 0 saturated heterocycles. The third-order valence-corrected chi connectivity index (χ3v) is 9.49. The van der Waals surface area contributed by atoms with Crippen molar-refractivity contribution in [3.8, 4) is 0 Å². The molecule has 8 amide bonds. The largest absolute Gasteiger partial charge is 2.00 e. The van der Waals surface area contributed by atoms with Crippen molar-refractivity contribution in [2.45, 2.75) is 0 Å². The van der Waals surface area contributed by atoms with Crippen LogP contribution >= 0.6 is 0 Å². The molecule has 18 N–H and O–H groups in total. The van der Waals surface area contributed by atoms with Crippen LogP contribution < -0.4 is 31.9 Å². The van der Waals surface area contributed by atoms with Crippen molar-refractivity contribution in [2.24, 2.45) is 0 Å². The summed E-state index contributed by atoms with van der Waals surface area (Å²) in [6.07, 6.45) is 20.0. The monoisotopic (exact) mass is 1370 g/mol. The zero-order chi connectivity index (χ0) is 61.8. The van der Waals surface area contributed by atoms with Crippen LogP contribution in [0.15, 0.2) is 184 Å². The summed E-state index contributed by atoms with van der Waals surface area (Å²) >= 11 is 0. The fraction of sp³-hybridized carbons (Fsp3) is 0.0741. The van der Waals surface area contributed by atoms with Crippen molar-refractivity contribution in [1.82, 2.24) is 39.7 Å². The maximum absolute atomic E-state index is 12.9. The van der Waals surface area contributed by atoms with Gasteiger partial charge < -0.3 is 105 Å². The molecule has 0 unspecified atom stereocenters. The summed E-state index contributed by atoms with van der Waals surface area (Å²) in [5.74, 6) is -2.85. The van der Waals surface area contributed by atoms with Crippen LogP contribution in [-0.2, 0) is 36.9 Å². The molecule has 0 fully saturated rings. The molecule has 0 aliphatic heterocycles. The number of rotatable bonds is 14. The van der Waals surface area contributed by atoms with Crippen molar-refractivity contribution in [2.75, 3.05) is 60.1 Å². The Morgan fingerprint density at radius 2 is 0.418 bits per heavy atom. The van der Waals surface area contributed by atoms with Crippen molar-refractivity contribution in [1.29, 1.82) is 0 Å². The van der Waals surface area contributed by atoms with E-state index in [1.54, 1.807) is 175 Å². The third-order valence-electron chi connectivity index (χ3n) is 9.49. The molecule has 8 rings (SSSR count). The van der Waals surface area contributed by atoms with Crippen LogP contribution in [-0.4, -0.2) is 159 Å². The van der Waals surface area contributed by atoms with Crippen LogP contribution in [0.1, 0.15) is 62.1 Å². The molecule has 0 radical (unpaired) electrons. The maximum atomic E-state index is 12.9. The van der Waals surface area contributed by atoms with E-state index in [9.17, 15) is 38.4 Å². The van der Waals surface area contributed by atoms with Gasteiger partial charge in [0.05, 0.1) is 10.2 Å². The first-order valence-corrected chi connectivity index (χ1v) is 23.6. The van der Waals surface area contributed by atoms with E-state index in [1.807, 2.05) is 0 Å². The quantitative estimate of drug-likeness (QED) is 0.0386. The molecule has 91 heavy (non-hydrogen) atoms. The number of benzene rings is 2. The number of nitrogens with one attached hydrogen (secondary N) is 6. The SMILES string of the molecule is CN(C)C=O.CN(C)C=O.O.O.O.O.O.O.O=C(Nc1ccncc1)c1cc(C(=O)Nc2ccncc2)cc(C(=O)Nc2ccncc2)c1.O=C(Nc1ccncc1)c1cc(C(=O)Nc2ccncc2)cc(C(=O)Nc2ccncc2)c1.O=[N+]([O-])[O-].O=[N+]([O-])[O-].[Cd+2]. The van der Waals surface area contributed by atoms with Gasteiger partial charge in [-0.2, -0.15) is 0 Å². The number of amides is 8. The molecule has 0 aliphatic carbocycles. The molecule has 0 spiro atoms. The molecule has 0 bridgehead atoms. The van der Waals surface area contributed by atoms with Crippen molar-refractivity contribution < 1.29 is 109 Å². The van der Waals surface area contributed by atoms with Gasteiger partial charge in [0.25, 0.3) is 35.4 Å². The molecule has 6 heterocycles. The number of hydrogen-bond acceptors (Lipinski definition) is 20. The van der Waals surface area contributed by atoms with E-state index in [2.05, 4.69) is 61.8 Å². The van der Waals surface area contributed by atoms with Crippen molar-refractivity contribution in [3.63, 3.8) is 0 Å². The first-order valence-electron chi connectivity index (χ1n) is 23.6. The van der Waals surface area contributed by atoms with Crippen LogP contribution in [0.5, 0.6) is 0 Å². The summed E-state index contributed by atoms with van der Waals surface area (Å²) in [7, 11) is 6.75. The van der Waals surface area contributed by atoms with Gasteiger partial charge in [0.2, 0.25) is 12.8 Å². The predicted octanol–water partition coefficient (Wildman–Crippen LogP) is 1.24. The molecule has 8 aromatic rings. The number of pyridine rings is 6. The van der Waals surface area contributed by atoms with E-state index in [1.165, 1.54) is 46.2 Å². The van der Waals surface area contributed by atoms with Crippen LogP contribution in [0.25, 0.3) is 0 Å². The minimum atomic E-state index is -1.75. The topological polar surface area (TPSA) is 614 Å². The number of hydrogen-bond donors (Lipinski definition) is 6. The molecule has 0 atom stereocenters. The summed E-state index contributed by atoms with van der Waals surface area (Å²) in [6, 6.07) is 28.2. The zero-order valence-electron chi connectivity index (χ0n) is 48.4. The summed E-state index contributed by atoms with van der Waals surface area (Å²) in [5, 5.41) is 45.9. The second-order valence-corrected chi connectivity index (χ2v) is 16.3. The number of carbonyl (C=O) groups excluding carboxylic acids is 8. The van der Waals surface area contributed by atoms with Crippen LogP contribution in [0.4, 0.5) is 34.1 Å². The second-order valence-electron chi connectivity index (χ2n) is 16.3. The minimum absolute atomic E-state index is 0. The van der Waals surface area contributed by atoms with E-state index in [-0.39, 0.29) is 93.5 Å². The molecule has 37 heteroatoms. The van der Waals surface area contributed by atoms with Gasteiger partial charge in [-0.25, -0.2) is 0 Å². The Morgan fingerprint density at radius 1 is 0.319 bits per heavy atom. The standard InChI is InChI=1S/2C24H18N6O3.2C3H7NO.Cd.2NO3.6H2O/c2*31-22(28-19-1-7-25-8-2-19)16-13-17(23(32)29-20-3-9-26-10-4-20)15-18(14-16)24(33)30-21-5-11-27-12-6-21;2*1-4(2)3-5;;2*2-1(3)4;;;;;;/h2*1-15H,(H,25,28,31)(H,26,29,32)(H,27,30,33);2*3H,1-2H3;;;;6*1H2/q;;;;+2;2*-1;;;;;;. The van der Waals surface area contributed by atoms with Crippen molar-refractivity contribution in [3.05, 3.63) is 248 Å². The van der Waals surface area contributed by atoms with E-state index < -0.39 is 45.6 Å². The van der Waals surface area contributed by atoms with Crippen LogP contribution in [0, 0.1) is 30.6 Å². The fourth-order valence-electron chi connectivity index (χ4n) is 5.87. The van der Waals surface area contributed by atoms with Crippen molar-refractivity contribution >= 4 is 82.4 Å². The Balaban J connectivity index is -0.000000402. The molecule has 36 nitrogen and oxygen atoms in total. The number of nitrogens with zero attached hydrogens (tertiary/aromatic N) is 10. The summed E-state index contributed by atoms with van der Waals surface area (Å²) in [4.78, 5) is 139. The van der Waals surface area contributed by atoms with Gasteiger partial charge in [-0.05, 0) is 109 Å². The summed E-state index contributed by atoms with van der Waals surface area (Å²) in [6.45, 7) is 0. The van der Waals surface area contributed by atoms with Gasteiger partial charge >= 0.3 is 27.3 Å². The van der Waals surface area contributed by atoms with Gasteiger partial charge in [-0.15, -0.1) is 0 Å². The van der Waals surface area contributed by atoms with E-state index in [0.717, 1.165) is 12.8 Å². The predicted molar refractivity (Wildman–Crippen MR) is 328 cm³/mol. The molecular weight excluding hydrogens is 1310 g/mol. The van der Waals surface area contributed by atoms with Gasteiger partial charge in [-0.3, -0.25) is 68.3 Å². The Morgan fingerprint density at radius 3 is 0.505 bits per heavy atom. The molecule has 0 saturated carbocycles. The van der Waals surface area contributed by atoms with E-state index >= 15 is 0 Å². The number of anilines is 6. The van der Waals surface area contributed by atoms with Crippen LogP contribution in [0.2, 0.25) is 0 Å².